The Hall–Kier alpha value is -1.89. The molecule has 0 fully saturated rings. The van der Waals surface area contributed by atoms with Crippen LogP contribution in [-0.2, 0) is 11.3 Å². The van der Waals surface area contributed by atoms with Crippen LogP contribution in [-0.4, -0.2) is 36.6 Å². The molecule has 0 amide bonds. The minimum absolute atomic E-state index is 0.00305. The van der Waals surface area contributed by atoms with Gasteiger partial charge < -0.3 is 9.67 Å². The number of carbonyl (C=O) groups is 1. The summed E-state index contributed by atoms with van der Waals surface area (Å²) in [5, 5.41) is 17.2. The van der Waals surface area contributed by atoms with Gasteiger partial charge in [0.2, 0.25) is 0 Å². The Labute approximate surface area is 108 Å². The van der Waals surface area contributed by atoms with Gasteiger partial charge in [0.1, 0.15) is 0 Å². The largest absolute Gasteiger partial charge is 0.481 e. The molecule has 0 saturated carbocycles. The zero-order valence-corrected chi connectivity index (χ0v) is 10.6. The number of hydrogen-bond acceptors (Lipinski definition) is 5. The first kappa shape index (κ1) is 12.6. The summed E-state index contributed by atoms with van der Waals surface area (Å²) in [4.78, 5) is 14.9. The van der Waals surface area contributed by atoms with Crippen LogP contribution in [0.5, 0.6) is 0 Å². The molecule has 0 aliphatic rings. The van der Waals surface area contributed by atoms with Gasteiger partial charge in [0.25, 0.3) is 0 Å². The van der Waals surface area contributed by atoms with Crippen LogP contribution in [0, 0.1) is 6.92 Å². The molecule has 0 spiro atoms. The van der Waals surface area contributed by atoms with E-state index in [1.54, 1.807) is 6.20 Å². The predicted molar refractivity (Wildman–Crippen MR) is 66.5 cm³/mol. The van der Waals surface area contributed by atoms with E-state index in [9.17, 15) is 4.79 Å². The number of carboxylic acids is 1. The second-order valence-electron chi connectivity index (χ2n) is 3.69. The van der Waals surface area contributed by atoms with Crippen LogP contribution in [0.1, 0.15) is 11.4 Å². The topological polar surface area (TPSA) is 80.9 Å². The minimum atomic E-state index is -0.855. The highest BCUT2D eigenvalue weighted by Gasteiger charge is 2.09. The minimum Gasteiger partial charge on any atom is -0.481 e. The van der Waals surface area contributed by atoms with E-state index in [4.69, 9.17) is 5.11 Å². The molecule has 0 unspecified atom stereocenters. The fourth-order valence-electron chi connectivity index (χ4n) is 1.47. The molecule has 0 bridgehead atoms. The quantitative estimate of drug-likeness (QED) is 0.817. The molecule has 0 atom stereocenters. The van der Waals surface area contributed by atoms with Gasteiger partial charge in [-0.3, -0.25) is 4.79 Å². The Morgan fingerprint density at radius 1 is 1.56 bits per heavy atom. The Balaban J connectivity index is 2.14. The van der Waals surface area contributed by atoms with Gasteiger partial charge in [-0.05, 0) is 19.1 Å². The molecule has 2 aromatic rings. The average molecular weight is 264 g/mol. The van der Waals surface area contributed by atoms with E-state index in [0.29, 0.717) is 11.7 Å². The molecule has 0 aliphatic heterocycles. The zero-order chi connectivity index (χ0) is 13.0. The molecule has 0 aliphatic carbocycles. The Bertz CT molecular complexity index is 541. The molecule has 2 aromatic heterocycles. The first-order chi connectivity index (χ1) is 8.65. The van der Waals surface area contributed by atoms with Crippen molar-refractivity contribution in [3.05, 3.63) is 35.9 Å². The molecular formula is C11H12N4O2S. The Morgan fingerprint density at radius 2 is 2.39 bits per heavy atom. The third kappa shape index (κ3) is 3.30. The van der Waals surface area contributed by atoms with E-state index in [-0.39, 0.29) is 5.75 Å². The summed E-state index contributed by atoms with van der Waals surface area (Å²) in [6, 6.07) is 3.68. The third-order valence-corrected chi connectivity index (χ3v) is 3.12. The molecule has 94 valence electrons. The number of aromatic nitrogens is 4. The highest BCUT2D eigenvalue weighted by Crippen LogP contribution is 2.18. The van der Waals surface area contributed by atoms with Crippen molar-refractivity contribution in [2.75, 3.05) is 5.75 Å². The average Bonchev–Trinajstić information content (AvgIpc) is 2.68. The first-order valence-corrected chi connectivity index (χ1v) is 6.28. The molecule has 0 radical (unpaired) electrons. The highest BCUT2D eigenvalue weighted by atomic mass is 32.2. The highest BCUT2D eigenvalue weighted by molar-refractivity contribution is 7.99. The number of aryl methyl sites for hydroxylation is 1. The van der Waals surface area contributed by atoms with Gasteiger partial charge in [0.05, 0.1) is 23.7 Å². The smallest absolute Gasteiger partial charge is 0.313 e. The van der Waals surface area contributed by atoms with E-state index in [2.05, 4.69) is 15.2 Å². The van der Waals surface area contributed by atoms with Gasteiger partial charge in [-0.1, -0.05) is 11.8 Å². The molecule has 2 rings (SSSR count). The van der Waals surface area contributed by atoms with Gasteiger partial charge in [-0.2, -0.15) is 10.2 Å². The van der Waals surface area contributed by atoms with E-state index < -0.39 is 5.97 Å². The van der Waals surface area contributed by atoms with Crippen molar-refractivity contribution in [1.82, 2.24) is 19.7 Å². The summed E-state index contributed by atoms with van der Waals surface area (Å²) in [6.45, 7) is 2.41. The van der Waals surface area contributed by atoms with Crippen LogP contribution < -0.4 is 0 Å². The number of carboxylic acid groups (broad SMARTS) is 1. The lowest BCUT2D eigenvalue weighted by Gasteiger charge is -2.05. The van der Waals surface area contributed by atoms with Crippen molar-refractivity contribution < 1.29 is 9.90 Å². The monoisotopic (exact) mass is 264 g/mol. The Morgan fingerprint density at radius 3 is 3.06 bits per heavy atom. The summed E-state index contributed by atoms with van der Waals surface area (Å²) in [5.74, 6) is -0.858. The molecule has 0 saturated heterocycles. The number of rotatable bonds is 5. The second kappa shape index (κ2) is 5.63. The van der Waals surface area contributed by atoms with Gasteiger partial charge in [-0.15, -0.1) is 0 Å². The van der Waals surface area contributed by atoms with Crippen LogP contribution in [0.2, 0.25) is 0 Å². The van der Waals surface area contributed by atoms with Crippen LogP contribution in [0.25, 0.3) is 0 Å². The van der Waals surface area contributed by atoms with Crippen LogP contribution in [0.3, 0.4) is 0 Å². The second-order valence-corrected chi connectivity index (χ2v) is 4.63. The first-order valence-electron chi connectivity index (χ1n) is 5.30. The lowest BCUT2D eigenvalue weighted by atomic mass is 10.4. The summed E-state index contributed by atoms with van der Waals surface area (Å²) in [6.07, 6.45) is 3.49. The summed E-state index contributed by atoms with van der Waals surface area (Å²) >= 11 is 1.20. The number of nitrogens with zero attached hydrogens (tertiary/aromatic N) is 4. The van der Waals surface area contributed by atoms with Crippen molar-refractivity contribution >= 4 is 17.7 Å². The van der Waals surface area contributed by atoms with Crippen molar-refractivity contribution in [2.24, 2.45) is 0 Å². The van der Waals surface area contributed by atoms with Crippen molar-refractivity contribution in [3.63, 3.8) is 0 Å². The van der Waals surface area contributed by atoms with E-state index in [1.807, 2.05) is 29.8 Å². The zero-order valence-electron chi connectivity index (χ0n) is 9.78. The maximum Gasteiger partial charge on any atom is 0.313 e. The molecule has 0 aromatic carbocycles. The van der Waals surface area contributed by atoms with Crippen molar-refractivity contribution in [2.45, 2.75) is 18.6 Å². The normalized spacial score (nSPS) is 10.5. The maximum atomic E-state index is 10.6. The summed E-state index contributed by atoms with van der Waals surface area (Å²) < 4.78 is 1.88. The third-order valence-electron chi connectivity index (χ3n) is 2.14. The van der Waals surface area contributed by atoms with Gasteiger partial charge in [0.15, 0.2) is 5.16 Å². The fourth-order valence-corrected chi connectivity index (χ4v) is 2.22. The molecule has 7 heteroatoms. The SMILES string of the molecule is Cc1cn(Cc2cccnn2)c(SCC(=O)O)n1. The lowest BCUT2D eigenvalue weighted by molar-refractivity contribution is -0.133. The number of hydrogen-bond donors (Lipinski definition) is 1. The van der Waals surface area contributed by atoms with E-state index >= 15 is 0 Å². The van der Waals surface area contributed by atoms with Crippen LogP contribution in [0.15, 0.2) is 29.7 Å². The van der Waals surface area contributed by atoms with Gasteiger partial charge in [-0.25, -0.2) is 4.98 Å². The molecule has 2 heterocycles. The predicted octanol–water partition coefficient (Wildman–Crippen LogP) is 1.21. The van der Waals surface area contributed by atoms with Crippen molar-refractivity contribution in [1.29, 1.82) is 0 Å². The summed E-state index contributed by atoms with van der Waals surface area (Å²) in [7, 11) is 0. The van der Waals surface area contributed by atoms with E-state index in [1.165, 1.54) is 11.8 Å². The van der Waals surface area contributed by atoms with Gasteiger partial charge in [0, 0.05) is 12.4 Å². The molecule has 1 N–H and O–H groups in total. The summed E-state index contributed by atoms with van der Waals surface area (Å²) in [5.41, 5.74) is 1.67. The van der Waals surface area contributed by atoms with Gasteiger partial charge >= 0.3 is 5.97 Å². The maximum absolute atomic E-state index is 10.6. The molecular weight excluding hydrogens is 252 g/mol. The van der Waals surface area contributed by atoms with E-state index in [0.717, 1.165) is 11.4 Å². The number of thioether (sulfide) groups is 1. The fraction of sp³-hybridized carbons (Fsp3) is 0.273. The van der Waals surface area contributed by atoms with Crippen LogP contribution in [0.4, 0.5) is 0 Å². The number of imidazole rings is 1. The molecule has 18 heavy (non-hydrogen) atoms. The Kier molecular flexibility index (Phi) is 3.93. The van der Waals surface area contributed by atoms with Crippen LogP contribution >= 0.6 is 11.8 Å². The number of aliphatic carboxylic acids is 1. The standard InChI is InChI=1S/C11H12N4O2S/c1-8-5-15(6-9-3-2-4-12-14-9)11(13-8)18-7-10(16)17/h2-5H,6-7H2,1H3,(H,16,17). The molecule has 6 nitrogen and oxygen atoms in total. The lowest BCUT2D eigenvalue weighted by Crippen LogP contribution is -2.05. The van der Waals surface area contributed by atoms with Crippen molar-refractivity contribution in [3.8, 4) is 0 Å².